The van der Waals surface area contributed by atoms with Gasteiger partial charge in [-0.2, -0.15) is 0 Å². The summed E-state index contributed by atoms with van der Waals surface area (Å²) in [5, 5.41) is 3.53. The number of hydrogen-bond acceptors (Lipinski definition) is 3. The maximum atomic E-state index is 5.56. The third-order valence-electron chi connectivity index (χ3n) is 3.45. The first-order valence-corrected chi connectivity index (χ1v) is 7.93. The van der Waals surface area contributed by atoms with Crippen LogP contribution in [0.3, 0.4) is 0 Å². The predicted octanol–water partition coefficient (Wildman–Crippen LogP) is 2.80. The molecule has 2 nitrogen and oxygen atoms in total. The summed E-state index contributed by atoms with van der Waals surface area (Å²) in [4.78, 5) is 1.49. The van der Waals surface area contributed by atoms with Gasteiger partial charge in [-0.1, -0.05) is 19.1 Å². The second kappa shape index (κ2) is 7.17. The zero-order valence-electron chi connectivity index (χ0n) is 11.2. The quantitative estimate of drug-likeness (QED) is 0.830. The lowest BCUT2D eigenvalue weighted by molar-refractivity contribution is 0.486. The van der Waals surface area contributed by atoms with Crippen molar-refractivity contribution in [1.29, 1.82) is 0 Å². The number of thioether (sulfide) groups is 1. The Kier molecular flexibility index (Phi) is 5.54. The first-order chi connectivity index (χ1) is 8.79. The molecule has 0 fully saturated rings. The van der Waals surface area contributed by atoms with Crippen LogP contribution >= 0.6 is 11.8 Å². The van der Waals surface area contributed by atoms with Crippen LogP contribution in [-0.2, 0) is 13.0 Å². The van der Waals surface area contributed by atoms with Gasteiger partial charge < -0.3 is 11.1 Å². The molecule has 3 N–H and O–H groups in total. The van der Waals surface area contributed by atoms with Crippen LogP contribution < -0.4 is 11.1 Å². The van der Waals surface area contributed by atoms with E-state index in [0.717, 1.165) is 26.1 Å². The first-order valence-electron chi connectivity index (χ1n) is 6.95. The van der Waals surface area contributed by atoms with E-state index in [1.807, 2.05) is 11.8 Å². The highest BCUT2D eigenvalue weighted by Crippen LogP contribution is 2.30. The van der Waals surface area contributed by atoms with Gasteiger partial charge in [0, 0.05) is 11.4 Å². The molecule has 3 heteroatoms. The van der Waals surface area contributed by atoms with Gasteiger partial charge in [0.25, 0.3) is 0 Å². The van der Waals surface area contributed by atoms with Gasteiger partial charge in [0.05, 0.1) is 0 Å². The molecule has 100 valence electrons. The van der Waals surface area contributed by atoms with Crippen molar-refractivity contribution in [3.05, 3.63) is 29.3 Å². The largest absolute Gasteiger partial charge is 0.330 e. The Morgan fingerprint density at radius 2 is 2.33 bits per heavy atom. The predicted molar refractivity (Wildman–Crippen MR) is 80.0 cm³/mol. The lowest BCUT2D eigenvalue weighted by atomic mass is 10.1. The van der Waals surface area contributed by atoms with Crippen molar-refractivity contribution in [2.45, 2.75) is 37.6 Å². The minimum Gasteiger partial charge on any atom is -0.330 e. The number of benzene rings is 1. The van der Waals surface area contributed by atoms with Crippen molar-refractivity contribution < 1.29 is 0 Å². The van der Waals surface area contributed by atoms with Gasteiger partial charge in [-0.15, -0.1) is 11.8 Å². The number of nitrogens with one attached hydrogen (secondary N) is 1. The van der Waals surface area contributed by atoms with E-state index in [1.54, 1.807) is 5.56 Å². The van der Waals surface area contributed by atoms with Gasteiger partial charge in [0.15, 0.2) is 0 Å². The summed E-state index contributed by atoms with van der Waals surface area (Å²) in [6, 6.07) is 6.93. The third kappa shape index (κ3) is 4.01. The molecule has 0 saturated heterocycles. The second-order valence-corrected chi connectivity index (χ2v) is 6.34. The average Bonchev–Trinajstić information content (AvgIpc) is 2.39. The highest BCUT2D eigenvalue weighted by atomic mass is 32.2. The van der Waals surface area contributed by atoms with E-state index in [1.165, 1.54) is 29.1 Å². The van der Waals surface area contributed by atoms with E-state index in [9.17, 15) is 0 Å². The van der Waals surface area contributed by atoms with Gasteiger partial charge in [0.2, 0.25) is 0 Å². The summed E-state index contributed by atoms with van der Waals surface area (Å²) >= 11 is 2.00. The van der Waals surface area contributed by atoms with Gasteiger partial charge in [-0.05, 0) is 61.2 Å². The van der Waals surface area contributed by atoms with Crippen LogP contribution in [0.1, 0.15) is 30.9 Å². The molecule has 0 aromatic heterocycles. The van der Waals surface area contributed by atoms with Crippen LogP contribution in [0.5, 0.6) is 0 Å². The van der Waals surface area contributed by atoms with Crippen LogP contribution in [0.15, 0.2) is 23.1 Å². The molecule has 1 aliphatic heterocycles. The molecule has 1 aromatic carbocycles. The van der Waals surface area contributed by atoms with Crippen molar-refractivity contribution in [1.82, 2.24) is 5.32 Å². The standard InChI is InChI=1S/C15H24N2S/c1-12(6-7-16)10-17-11-13-4-5-15-14(9-13)3-2-8-18-15/h4-5,9,12,17H,2-3,6-8,10-11,16H2,1H3. The normalized spacial score (nSPS) is 16.3. The summed E-state index contributed by atoms with van der Waals surface area (Å²) in [6.07, 6.45) is 3.68. The van der Waals surface area contributed by atoms with E-state index in [0.29, 0.717) is 5.92 Å². The van der Waals surface area contributed by atoms with E-state index in [4.69, 9.17) is 5.73 Å². The Labute approximate surface area is 115 Å². The number of nitrogens with two attached hydrogens (primary N) is 1. The van der Waals surface area contributed by atoms with Crippen molar-refractivity contribution in [3.8, 4) is 0 Å². The molecule has 0 saturated carbocycles. The zero-order valence-corrected chi connectivity index (χ0v) is 12.1. The summed E-state index contributed by atoms with van der Waals surface area (Å²) in [5.41, 5.74) is 8.51. The zero-order chi connectivity index (χ0) is 12.8. The molecule has 0 spiro atoms. The van der Waals surface area contributed by atoms with E-state index in [-0.39, 0.29) is 0 Å². The number of rotatable bonds is 6. The minimum atomic E-state index is 0.670. The molecular weight excluding hydrogens is 240 g/mol. The van der Waals surface area contributed by atoms with E-state index in [2.05, 4.69) is 30.4 Å². The number of fused-ring (bicyclic) bond motifs is 1. The molecule has 2 rings (SSSR count). The Bertz CT molecular complexity index is 379. The highest BCUT2D eigenvalue weighted by molar-refractivity contribution is 7.99. The first kappa shape index (κ1) is 13.9. The summed E-state index contributed by atoms with van der Waals surface area (Å²) in [5.74, 6) is 1.95. The van der Waals surface area contributed by atoms with Crippen LogP contribution in [0.4, 0.5) is 0 Å². The lowest BCUT2D eigenvalue weighted by Gasteiger charge is -2.17. The number of hydrogen-bond donors (Lipinski definition) is 2. The smallest absolute Gasteiger partial charge is 0.0205 e. The van der Waals surface area contributed by atoms with Crippen molar-refractivity contribution in [2.24, 2.45) is 11.7 Å². The Morgan fingerprint density at radius 3 is 3.17 bits per heavy atom. The fraction of sp³-hybridized carbons (Fsp3) is 0.600. The van der Waals surface area contributed by atoms with E-state index >= 15 is 0 Å². The second-order valence-electron chi connectivity index (χ2n) is 5.21. The molecule has 0 radical (unpaired) electrons. The molecule has 0 aliphatic carbocycles. The molecule has 1 aromatic rings. The maximum absolute atomic E-state index is 5.56. The number of aryl methyl sites for hydroxylation is 1. The van der Waals surface area contributed by atoms with Crippen LogP contribution in [0.25, 0.3) is 0 Å². The van der Waals surface area contributed by atoms with Gasteiger partial charge in [-0.3, -0.25) is 0 Å². The molecule has 1 atom stereocenters. The summed E-state index contributed by atoms with van der Waals surface area (Å²) in [7, 11) is 0. The SMILES string of the molecule is CC(CCN)CNCc1ccc2c(c1)CCCS2. The third-order valence-corrected chi connectivity index (χ3v) is 4.66. The fourth-order valence-corrected chi connectivity index (χ4v) is 3.39. The Hall–Kier alpha value is -0.510. The highest BCUT2D eigenvalue weighted by Gasteiger charge is 2.09. The summed E-state index contributed by atoms with van der Waals surface area (Å²) in [6.45, 7) is 5.08. The van der Waals surface area contributed by atoms with Crippen molar-refractivity contribution in [2.75, 3.05) is 18.8 Å². The maximum Gasteiger partial charge on any atom is 0.0205 e. The summed E-state index contributed by atoms with van der Waals surface area (Å²) < 4.78 is 0. The van der Waals surface area contributed by atoms with Crippen molar-refractivity contribution in [3.63, 3.8) is 0 Å². The molecule has 0 amide bonds. The van der Waals surface area contributed by atoms with Gasteiger partial charge in [0.1, 0.15) is 0 Å². The van der Waals surface area contributed by atoms with Crippen LogP contribution in [-0.4, -0.2) is 18.8 Å². The monoisotopic (exact) mass is 264 g/mol. The van der Waals surface area contributed by atoms with E-state index < -0.39 is 0 Å². The molecular formula is C15H24N2S. The van der Waals surface area contributed by atoms with Gasteiger partial charge in [-0.25, -0.2) is 0 Å². The molecule has 0 bridgehead atoms. The molecule has 1 unspecified atom stereocenters. The topological polar surface area (TPSA) is 38.0 Å². The lowest BCUT2D eigenvalue weighted by Crippen LogP contribution is -2.22. The van der Waals surface area contributed by atoms with Crippen LogP contribution in [0.2, 0.25) is 0 Å². The van der Waals surface area contributed by atoms with Gasteiger partial charge >= 0.3 is 0 Å². The Morgan fingerprint density at radius 1 is 1.44 bits per heavy atom. The fourth-order valence-electron chi connectivity index (χ4n) is 2.37. The molecule has 1 heterocycles. The average molecular weight is 264 g/mol. The molecule has 1 aliphatic rings. The van der Waals surface area contributed by atoms with Crippen molar-refractivity contribution >= 4 is 11.8 Å². The minimum absolute atomic E-state index is 0.670. The Balaban J connectivity index is 1.82. The molecule has 18 heavy (non-hydrogen) atoms. The van der Waals surface area contributed by atoms with Crippen LogP contribution in [0, 0.1) is 5.92 Å².